The minimum Gasteiger partial charge on any atom is -0.396 e. The molecule has 1 unspecified atom stereocenters. The molecule has 0 amide bonds. The van der Waals surface area contributed by atoms with E-state index in [1.54, 1.807) is 10.9 Å². The predicted octanol–water partition coefficient (Wildman–Crippen LogP) is 0.936. The fraction of sp³-hybridized carbons (Fsp3) is 0.545. The van der Waals surface area contributed by atoms with Crippen LogP contribution in [0.25, 0.3) is 11.0 Å². The highest BCUT2D eigenvalue weighted by atomic mass is 16.3. The van der Waals surface area contributed by atoms with Crippen LogP contribution >= 0.6 is 0 Å². The number of aliphatic hydroxyl groups is 1. The molecule has 2 N–H and O–H groups in total. The van der Waals surface area contributed by atoms with Crippen LogP contribution in [0, 0.1) is 0 Å². The molecule has 0 saturated carbocycles. The van der Waals surface area contributed by atoms with Gasteiger partial charge in [-0.15, -0.1) is 0 Å². The number of nitrogens with one attached hydrogen (secondary N) is 1. The first-order valence-corrected chi connectivity index (χ1v) is 5.76. The highest BCUT2D eigenvalue weighted by molar-refractivity contribution is 5.86. The number of aryl methyl sites for hydroxylation is 1. The lowest BCUT2D eigenvalue weighted by Crippen LogP contribution is -2.20. The molecule has 0 saturated heterocycles. The van der Waals surface area contributed by atoms with Crippen LogP contribution in [0.1, 0.15) is 19.8 Å². The van der Waals surface area contributed by atoms with Crippen molar-refractivity contribution in [2.75, 3.05) is 11.9 Å². The monoisotopic (exact) mass is 235 g/mol. The summed E-state index contributed by atoms with van der Waals surface area (Å²) in [5.41, 5.74) is 0.807. The van der Waals surface area contributed by atoms with E-state index in [4.69, 9.17) is 5.11 Å². The van der Waals surface area contributed by atoms with E-state index < -0.39 is 0 Å². The summed E-state index contributed by atoms with van der Waals surface area (Å²) >= 11 is 0. The number of nitrogens with zero attached hydrogens (tertiary/aromatic N) is 4. The number of hydrogen-bond acceptors (Lipinski definition) is 5. The number of anilines is 1. The third-order valence-electron chi connectivity index (χ3n) is 2.84. The van der Waals surface area contributed by atoms with Gasteiger partial charge in [-0.05, 0) is 12.8 Å². The van der Waals surface area contributed by atoms with Crippen molar-refractivity contribution in [2.24, 2.45) is 7.05 Å². The molecule has 6 nitrogen and oxygen atoms in total. The molecule has 2 aromatic rings. The fourth-order valence-electron chi connectivity index (χ4n) is 1.80. The molecule has 2 heterocycles. The highest BCUT2D eigenvalue weighted by Crippen LogP contribution is 2.19. The largest absolute Gasteiger partial charge is 0.396 e. The van der Waals surface area contributed by atoms with Crippen molar-refractivity contribution in [1.82, 2.24) is 19.7 Å². The van der Waals surface area contributed by atoms with Crippen molar-refractivity contribution in [2.45, 2.75) is 25.8 Å². The summed E-state index contributed by atoms with van der Waals surface area (Å²) in [5.74, 6) is 0.781. The maximum Gasteiger partial charge on any atom is 0.163 e. The van der Waals surface area contributed by atoms with Crippen molar-refractivity contribution in [3.05, 3.63) is 12.5 Å². The average molecular weight is 235 g/mol. The standard InChI is InChI=1S/C11H17N5O/c1-3-8(4-5-17)15-10-9-6-14-16(2)11(9)13-7-12-10/h6-8,17H,3-5H2,1-2H3,(H,12,13,15). The van der Waals surface area contributed by atoms with Crippen molar-refractivity contribution >= 4 is 16.9 Å². The molecule has 0 aromatic carbocycles. The van der Waals surface area contributed by atoms with Gasteiger partial charge >= 0.3 is 0 Å². The summed E-state index contributed by atoms with van der Waals surface area (Å²) in [6.45, 7) is 2.25. The molecular weight excluding hydrogens is 218 g/mol. The van der Waals surface area contributed by atoms with Crippen molar-refractivity contribution in [3.8, 4) is 0 Å². The number of fused-ring (bicyclic) bond motifs is 1. The van der Waals surface area contributed by atoms with Crippen LogP contribution in [0.5, 0.6) is 0 Å². The van der Waals surface area contributed by atoms with E-state index in [0.717, 1.165) is 23.3 Å². The maximum absolute atomic E-state index is 8.97. The second kappa shape index (κ2) is 5.09. The van der Waals surface area contributed by atoms with Gasteiger partial charge in [0, 0.05) is 19.7 Å². The van der Waals surface area contributed by atoms with E-state index in [1.165, 1.54) is 6.33 Å². The molecule has 0 radical (unpaired) electrons. The van der Waals surface area contributed by atoms with Gasteiger partial charge < -0.3 is 10.4 Å². The van der Waals surface area contributed by atoms with Crippen LogP contribution in [-0.4, -0.2) is 37.5 Å². The topological polar surface area (TPSA) is 75.9 Å². The molecular formula is C11H17N5O. The van der Waals surface area contributed by atoms with Gasteiger partial charge in [-0.3, -0.25) is 4.68 Å². The second-order valence-electron chi connectivity index (χ2n) is 3.99. The smallest absolute Gasteiger partial charge is 0.163 e. The van der Waals surface area contributed by atoms with Gasteiger partial charge in [0.2, 0.25) is 0 Å². The molecule has 0 aliphatic heterocycles. The molecule has 0 fully saturated rings. The second-order valence-corrected chi connectivity index (χ2v) is 3.99. The van der Waals surface area contributed by atoms with E-state index in [0.29, 0.717) is 6.42 Å². The molecule has 17 heavy (non-hydrogen) atoms. The normalized spacial score (nSPS) is 12.9. The van der Waals surface area contributed by atoms with Gasteiger partial charge in [-0.1, -0.05) is 6.92 Å². The van der Waals surface area contributed by atoms with Gasteiger partial charge in [0.15, 0.2) is 5.65 Å². The lowest BCUT2D eigenvalue weighted by atomic mass is 10.1. The van der Waals surface area contributed by atoms with E-state index in [2.05, 4.69) is 27.3 Å². The van der Waals surface area contributed by atoms with Gasteiger partial charge in [-0.2, -0.15) is 5.10 Å². The minimum absolute atomic E-state index is 0.173. The highest BCUT2D eigenvalue weighted by Gasteiger charge is 2.11. The quantitative estimate of drug-likeness (QED) is 0.806. The Morgan fingerprint density at radius 1 is 1.47 bits per heavy atom. The molecule has 0 bridgehead atoms. The Kier molecular flexibility index (Phi) is 3.53. The summed E-state index contributed by atoms with van der Waals surface area (Å²) in [5, 5.41) is 17.4. The van der Waals surface area contributed by atoms with Gasteiger partial charge in [0.25, 0.3) is 0 Å². The first kappa shape index (κ1) is 11.8. The molecule has 0 aliphatic carbocycles. The first-order chi connectivity index (χ1) is 8.26. The molecule has 92 valence electrons. The summed E-state index contributed by atoms with van der Waals surface area (Å²) in [6.07, 6.45) is 4.93. The average Bonchev–Trinajstić information content (AvgIpc) is 2.72. The molecule has 1 atom stereocenters. The number of aliphatic hydroxyl groups excluding tert-OH is 1. The van der Waals surface area contributed by atoms with E-state index >= 15 is 0 Å². The molecule has 2 aromatic heterocycles. The minimum atomic E-state index is 0.173. The SMILES string of the molecule is CCC(CCO)Nc1ncnc2c1cnn2C. The molecule has 0 spiro atoms. The zero-order valence-electron chi connectivity index (χ0n) is 10.1. The van der Waals surface area contributed by atoms with Crippen LogP contribution in [0.3, 0.4) is 0 Å². The summed E-state index contributed by atoms with van der Waals surface area (Å²) < 4.78 is 1.72. The molecule has 6 heteroatoms. The zero-order chi connectivity index (χ0) is 12.3. The Bertz CT molecular complexity index is 496. The lowest BCUT2D eigenvalue weighted by molar-refractivity contribution is 0.278. The van der Waals surface area contributed by atoms with E-state index in [-0.39, 0.29) is 12.6 Å². The summed E-state index contributed by atoms with van der Waals surface area (Å²) in [4.78, 5) is 8.41. The van der Waals surface area contributed by atoms with E-state index in [1.807, 2.05) is 7.05 Å². The Balaban J connectivity index is 2.29. The maximum atomic E-state index is 8.97. The Morgan fingerprint density at radius 2 is 2.29 bits per heavy atom. The molecule has 2 rings (SSSR count). The van der Waals surface area contributed by atoms with Gasteiger partial charge in [0.05, 0.1) is 11.6 Å². The summed E-state index contributed by atoms with van der Waals surface area (Å²) in [6, 6.07) is 0.221. The Labute approximate surface area is 99.7 Å². The van der Waals surface area contributed by atoms with Crippen LogP contribution in [0.15, 0.2) is 12.5 Å². The zero-order valence-corrected chi connectivity index (χ0v) is 10.1. The van der Waals surface area contributed by atoms with Crippen molar-refractivity contribution in [1.29, 1.82) is 0 Å². The van der Waals surface area contributed by atoms with Crippen molar-refractivity contribution in [3.63, 3.8) is 0 Å². The molecule has 0 aliphatic rings. The summed E-state index contributed by atoms with van der Waals surface area (Å²) in [7, 11) is 1.85. The first-order valence-electron chi connectivity index (χ1n) is 5.76. The number of rotatable bonds is 5. The lowest BCUT2D eigenvalue weighted by Gasteiger charge is -2.16. The van der Waals surface area contributed by atoms with Crippen LogP contribution < -0.4 is 5.32 Å². The number of hydrogen-bond donors (Lipinski definition) is 2. The van der Waals surface area contributed by atoms with Crippen LogP contribution in [-0.2, 0) is 7.05 Å². The van der Waals surface area contributed by atoms with Crippen molar-refractivity contribution < 1.29 is 5.11 Å². The van der Waals surface area contributed by atoms with Crippen LogP contribution in [0.2, 0.25) is 0 Å². The van der Waals surface area contributed by atoms with Gasteiger partial charge in [-0.25, -0.2) is 9.97 Å². The van der Waals surface area contributed by atoms with Crippen LogP contribution in [0.4, 0.5) is 5.82 Å². The predicted molar refractivity (Wildman–Crippen MR) is 65.7 cm³/mol. The third-order valence-corrected chi connectivity index (χ3v) is 2.84. The number of aromatic nitrogens is 4. The Morgan fingerprint density at radius 3 is 3.00 bits per heavy atom. The fourth-order valence-corrected chi connectivity index (χ4v) is 1.80. The van der Waals surface area contributed by atoms with Gasteiger partial charge in [0.1, 0.15) is 12.1 Å². The third kappa shape index (κ3) is 2.36. The Hall–Kier alpha value is -1.69. The van der Waals surface area contributed by atoms with E-state index in [9.17, 15) is 0 Å².